The lowest BCUT2D eigenvalue weighted by atomic mass is 10.1. The Labute approximate surface area is 116 Å². The number of amides is 1. The summed E-state index contributed by atoms with van der Waals surface area (Å²) >= 11 is 1.51. The highest BCUT2D eigenvalue weighted by Crippen LogP contribution is 2.14. The van der Waals surface area contributed by atoms with E-state index >= 15 is 0 Å². The number of hydrogen-bond donors (Lipinski definition) is 1. The van der Waals surface area contributed by atoms with Gasteiger partial charge in [0.15, 0.2) is 0 Å². The topological polar surface area (TPSA) is 59.8 Å². The van der Waals surface area contributed by atoms with Gasteiger partial charge in [0.1, 0.15) is 12.7 Å². The van der Waals surface area contributed by atoms with E-state index in [1.165, 1.54) is 18.1 Å². The van der Waals surface area contributed by atoms with Crippen LogP contribution in [0.25, 0.3) is 0 Å². The average Bonchev–Trinajstić information content (AvgIpc) is 2.92. The Morgan fingerprint density at radius 3 is 2.84 bits per heavy atom. The van der Waals surface area contributed by atoms with Crippen molar-refractivity contribution in [3.63, 3.8) is 0 Å². The molecule has 0 radical (unpaired) electrons. The molecule has 1 amide bonds. The van der Waals surface area contributed by atoms with E-state index in [0.29, 0.717) is 12.3 Å². The molecule has 1 N–H and O–H groups in total. The maximum atomic E-state index is 11.8. The zero-order chi connectivity index (χ0) is 13.5. The van der Waals surface area contributed by atoms with Gasteiger partial charge in [0, 0.05) is 0 Å². The Kier molecular flexibility index (Phi) is 4.97. The van der Waals surface area contributed by atoms with E-state index in [1.807, 2.05) is 36.6 Å². The summed E-state index contributed by atoms with van der Waals surface area (Å²) in [6.45, 7) is 0.574. The first-order valence-corrected chi connectivity index (χ1v) is 7.34. The number of nitrogens with zero attached hydrogens (tertiary/aromatic N) is 3. The number of hydrogen-bond acceptors (Lipinski definition) is 4. The molecule has 6 heteroatoms. The molecule has 0 aliphatic heterocycles. The van der Waals surface area contributed by atoms with Crippen LogP contribution in [0.2, 0.25) is 0 Å². The molecule has 0 aliphatic carbocycles. The van der Waals surface area contributed by atoms with E-state index in [4.69, 9.17) is 0 Å². The minimum atomic E-state index is -0.0949. The molecule has 2 rings (SSSR count). The van der Waals surface area contributed by atoms with Crippen molar-refractivity contribution in [2.75, 3.05) is 12.0 Å². The van der Waals surface area contributed by atoms with E-state index in [2.05, 4.69) is 15.4 Å². The molecule has 19 heavy (non-hydrogen) atoms. The van der Waals surface area contributed by atoms with Crippen molar-refractivity contribution in [1.29, 1.82) is 0 Å². The molecule has 0 saturated heterocycles. The Hall–Kier alpha value is -1.82. The first kappa shape index (κ1) is 13.6. The van der Waals surface area contributed by atoms with E-state index in [9.17, 15) is 4.79 Å². The van der Waals surface area contributed by atoms with E-state index in [1.54, 1.807) is 11.0 Å². The van der Waals surface area contributed by atoms with Crippen LogP contribution in [0.4, 0.5) is 0 Å². The maximum absolute atomic E-state index is 11.8. The predicted molar refractivity (Wildman–Crippen MR) is 75.7 cm³/mol. The monoisotopic (exact) mass is 276 g/mol. The summed E-state index contributed by atoms with van der Waals surface area (Å²) in [5, 5.41) is 7.11. The Balaban J connectivity index is 2.11. The molecule has 0 spiro atoms. The van der Waals surface area contributed by atoms with Gasteiger partial charge in [-0.3, -0.25) is 9.48 Å². The van der Waals surface area contributed by atoms with Gasteiger partial charge in [-0.2, -0.15) is 16.9 Å². The summed E-state index contributed by atoms with van der Waals surface area (Å²) in [5.74, 6) is 0.488. The van der Waals surface area contributed by atoms with Crippen LogP contribution < -0.4 is 5.32 Å². The fourth-order valence-electron chi connectivity index (χ4n) is 1.80. The van der Waals surface area contributed by atoms with Crippen molar-refractivity contribution in [2.24, 2.45) is 0 Å². The molecule has 0 fully saturated rings. The molecule has 5 nitrogen and oxygen atoms in total. The molecular formula is C13H16N4OS. The molecule has 1 heterocycles. The summed E-state index contributed by atoms with van der Waals surface area (Å²) in [6.07, 6.45) is 5.05. The summed E-state index contributed by atoms with van der Waals surface area (Å²) in [7, 11) is 0. The molecule has 0 saturated carbocycles. The standard InChI is InChI=1S/C13H16N4OS/c1-19-8-13(18)16-12(7-17-10-14-9-15-17)11-5-3-2-4-6-11/h2-6,9-10,12H,7-8H2,1H3,(H,16,18). The van der Waals surface area contributed by atoms with Crippen LogP contribution in [0.15, 0.2) is 43.0 Å². The van der Waals surface area contributed by atoms with Crippen molar-refractivity contribution < 1.29 is 4.79 Å². The van der Waals surface area contributed by atoms with E-state index < -0.39 is 0 Å². The zero-order valence-corrected chi connectivity index (χ0v) is 11.5. The molecule has 0 bridgehead atoms. The fourth-order valence-corrected chi connectivity index (χ4v) is 2.15. The third-order valence-electron chi connectivity index (χ3n) is 2.65. The van der Waals surface area contributed by atoms with Crippen LogP contribution >= 0.6 is 11.8 Å². The third-order valence-corrected chi connectivity index (χ3v) is 3.20. The molecule has 1 unspecified atom stereocenters. The smallest absolute Gasteiger partial charge is 0.230 e. The normalized spacial score (nSPS) is 12.1. The van der Waals surface area contributed by atoms with Crippen molar-refractivity contribution in [2.45, 2.75) is 12.6 Å². The van der Waals surface area contributed by atoms with Gasteiger partial charge in [-0.25, -0.2) is 4.98 Å². The Morgan fingerprint density at radius 2 is 2.21 bits per heavy atom. The third kappa shape index (κ3) is 4.10. The van der Waals surface area contributed by atoms with Gasteiger partial charge in [0.25, 0.3) is 0 Å². The molecule has 1 atom stereocenters. The number of rotatable bonds is 6. The number of benzene rings is 1. The number of carbonyl (C=O) groups excluding carboxylic acids is 1. The van der Waals surface area contributed by atoms with Gasteiger partial charge >= 0.3 is 0 Å². The largest absolute Gasteiger partial charge is 0.347 e. The number of aromatic nitrogens is 3. The molecule has 100 valence electrons. The Morgan fingerprint density at radius 1 is 1.42 bits per heavy atom. The second-order valence-electron chi connectivity index (χ2n) is 4.08. The van der Waals surface area contributed by atoms with Crippen molar-refractivity contribution in [1.82, 2.24) is 20.1 Å². The van der Waals surface area contributed by atoms with Crippen molar-refractivity contribution in [3.8, 4) is 0 Å². The highest BCUT2D eigenvalue weighted by atomic mass is 32.2. The zero-order valence-electron chi connectivity index (χ0n) is 10.7. The molecule has 2 aromatic rings. The molecule has 0 aliphatic rings. The van der Waals surface area contributed by atoms with Crippen LogP contribution in [-0.2, 0) is 11.3 Å². The highest BCUT2D eigenvalue weighted by Gasteiger charge is 2.15. The Bertz CT molecular complexity index is 501. The number of thioether (sulfide) groups is 1. The van der Waals surface area contributed by atoms with Crippen LogP contribution in [0.3, 0.4) is 0 Å². The number of carbonyl (C=O) groups is 1. The minimum Gasteiger partial charge on any atom is -0.347 e. The summed E-state index contributed by atoms with van der Waals surface area (Å²) < 4.78 is 1.72. The van der Waals surface area contributed by atoms with Crippen LogP contribution in [-0.4, -0.2) is 32.7 Å². The molecular weight excluding hydrogens is 260 g/mol. The minimum absolute atomic E-state index is 0.0291. The van der Waals surface area contributed by atoms with Gasteiger partial charge in [-0.15, -0.1) is 0 Å². The summed E-state index contributed by atoms with van der Waals surface area (Å²) in [4.78, 5) is 15.7. The summed E-state index contributed by atoms with van der Waals surface area (Å²) in [5.41, 5.74) is 1.06. The van der Waals surface area contributed by atoms with Crippen LogP contribution in [0.5, 0.6) is 0 Å². The quantitative estimate of drug-likeness (QED) is 0.868. The van der Waals surface area contributed by atoms with Gasteiger partial charge in [-0.1, -0.05) is 30.3 Å². The highest BCUT2D eigenvalue weighted by molar-refractivity contribution is 7.99. The van der Waals surface area contributed by atoms with Gasteiger partial charge < -0.3 is 5.32 Å². The second-order valence-corrected chi connectivity index (χ2v) is 4.95. The average molecular weight is 276 g/mol. The predicted octanol–water partition coefficient (Wildman–Crippen LogP) is 1.50. The van der Waals surface area contributed by atoms with Crippen molar-refractivity contribution >= 4 is 17.7 Å². The first-order valence-electron chi connectivity index (χ1n) is 5.95. The van der Waals surface area contributed by atoms with E-state index in [-0.39, 0.29) is 11.9 Å². The lowest BCUT2D eigenvalue weighted by molar-refractivity contribution is -0.119. The van der Waals surface area contributed by atoms with E-state index in [0.717, 1.165) is 5.56 Å². The lowest BCUT2D eigenvalue weighted by Gasteiger charge is -2.18. The molecule has 1 aromatic heterocycles. The lowest BCUT2D eigenvalue weighted by Crippen LogP contribution is -2.32. The fraction of sp³-hybridized carbons (Fsp3) is 0.308. The second kappa shape index (κ2) is 6.94. The van der Waals surface area contributed by atoms with Crippen LogP contribution in [0.1, 0.15) is 11.6 Å². The SMILES string of the molecule is CSCC(=O)NC(Cn1cncn1)c1ccccc1. The summed E-state index contributed by atoms with van der Waals surface area (Å²) in [6, 6.07) is 9.79. The first-order chi connectivity index (χ1) is 9.29. The van der Waals surface area contributed by atoms with Gasteiger partial charge in [0.05, 0.1) is 18.3 Å². The van der Waals surface area contributed by atoms with Gasteiger partial charge in [0.2, 0.25) is 5.91 Å². The maximum Gasteiger partial charge on any atom is 0.230 e. The van der Waals surface area contributed by atoms with Crippen LogP contribution in [0, 0.1) is 0 Å². The van der Waals surface area contributed by atoms with Crippen molar-refractivity contribution in [3.05, 3.63) is 48.5 Å². The van der Waals surface area contributed by atoms with Gasteiger partial charge in [-0.05, 0) is 11.8 Å². The molecule has 1 aromatic carbocycles. The number of nitrogens with one attached hydrogen (secondary N) is 1.